The highest BCUT2D eigenvalue weighted by atomic mass is 19.1. The molecule has 0 unspecified atom stereocenters. The van der Waals surface area contributed by atoms with Gasteiger partial charge in [-0.3, -0.25) is 9.69 Å². The van der Waals surface area contributed by atoms with Gasteiger partial charge in [0, 0.05) is 50.1 Å². The molecule has 2 aromatic carbocycles. The summed E-state index contributed by atoms with van der Waals surface area (Å²) in [6.07, 6.45) is 2.50. The summed E-state index contributed by atoms with van der Waals surface area (Å²) in [7, 11) is 1.77. The maximum Gasteiger partial charge on any atom is 0.328 e. The molecule has 6 nitrogen and oxygen atoms in total. The molecule has 198 valence electrons. The number of nitrogens with zero attached hydrogens (tertiary/aromatic N) is 3. The lowest BCUT2D eigenvalue weighted by Crippen LogP contribution is -2.49. The zero-order valence-corrected chi connectivity index (χ0v) is 21.5. The van der Waals surface area contributed by atoms with Crippen molar-refractivity contribution in [3.8, 4) is 0 Å². The minimum atomic E-state index is -1.61. The number of likely N-dealkylation sites (N-methyl/N-ethyl adjacent to an activating group) is 1. The number of carbonyl (C=O) groups excluding carboxylic acids is 1. The van der Waals surface area contributed by atoms with E-state index >= 15 is 8.78 Å². The van der Waals surface area contributed by atoms with E-state index in [4.69, 9.17) is 5.11 Å². The van der Waals surface area contributed by atoms with E-state index in [0.29, 0.717) is 25.1 Å². The summed E-state index contributed by atoms with van der Waals surface area (Å²) < 4.78 is 45.9. The third kappa shape index (κ3) is 5.82. The van der Waals surface area contributed by atoms with Gasteiger partial charge in [-0.05, 0) is 74.2 Å². The van der Waals surface area contributed by atoms with E-state index in [1.54, 1.807) is 16.8 Å². The number of amides is 1. The van der Waals surface area contributed by atoms with Crippen molar-refractivity contribution in [2.45, 2.75) is 44.9 Å². The van der Waals surface area contributed by atoms with Gasteiger partial charge in [-0.2, -0.15) is 0 Å². The van der Waals surface area contributed by atoms with Gasteiger partial charge in [-0.1, -0.05) is 6.07 Å². The van der Waals surface area contributed by atoms with E-state index in [2.05, 4.69) is 0 Å². The van der Waals surface area contributed by atoms with Crippen molar-refractivity contribution in [2.24, 2.45) is 0 Å². The number of alkyl halides is 1. The first-order valence-electron chi connectivity index (χ1n) is 12.3. The van der Waals surface area contributed by atoms with Crippen molar-refractivity contribution in [3.63, 3.8) is 0 Å². The molecule has 0 radical (unpaired) electrons. The zero-order valence-electron chi connectivity index (χ0n) is 21.5. The number of rotatable bonds is 6. The summed E-state index contributed by atoms with van der Waals surface area (Å²) in [6, 6.07) is 6.73. The maximum absolute atomic E-state index is 15.5. The molecule has 2 atom stereocenters. The average molecular weight is 516 g/mol. The molecular weight excluding hydrogens is 483 g/mol. The van der Waals surface area contributed by atoms with Gasteiger partial charge in [0.2, 0.25) is 5.91 Å². The SMILES string of the molecule is C[C@@H]1Cc2cc(N3CCN(C)C(=O)C3)ccc2[C@@H](c2c(F)cc(/C=C/C(=O)O)cc2F)N1CC(C)(C)F. The molecule has 1 fully saturated rings. The molecule has 0 bridgehead atoms. The lowest BCUT2D eigenvalue weighted by atomic mass is 9.83. The Bertz CT molecular complexity index is 1220. The largest absolute Gasteiger partial charge is 0.478 e. The Balaban J connectivity index is 1.80. The van der Waals surface area contributed by atoms with Crippen molar-refractivity contribution in [3.05, 3.63) is 70.3 Å². The Hall–Kier alpha value is -3.33. The highest BCUT2D eigenvalue weighted by Crippen LogP contribution is 2.42. The highest BCUT2D eigenvalue weighted by Gasteiger charge is 2.39. The number of carboxylic acids is 1. The molecule has 1 N–H and O–H groups in total. The predicted octanol–water partition coefficient (Wildman–Crippen LogP) is 4.43. The number of piperazine rings is 1. The van der Waals surface area contributed by atoms with Gasteiger partial charge in [0.05, 0.1) is 12.6 Å². The van der Waals surface area contributed by atoms with Gasteiger partial charge in [0.1, 0.15) is 17.3 Å². The van der Waals surface area contributed by atoms with E-state index < -0.39 is 29.3 Å². The summed E-state index contributed by atoms with van der Waals surface area (Å²) in [5.41, 5.74) is 0.702. The van der Waals surface area contributed by atoms with Crippen LogP contribution in [0.4, 0.5) is 18.9 Å². The molecule has 2 aromatic rings. The first-order valence-corrected chi connectivity index (χ1v) is 12.3. The molecule has 2 aliphatic heterocycles. The van der Waals surface area contributed by atoms with Crippen molar-refractivity contribution >= 4 is 23.6 Å². The molecule has 37 heavy (non-hydrogen) atoms. The predicted molar refractivity (Wildman–Crippen MR) is 136 cm³/mol. The van der Waals surface area contributed by atoms with Crippen LogP contribution in [0.5, 0.6) is 0 Å². The van der Waals surface area contributed by atoms with Crippen LogP contribution < -0.4 is 4.90 Å². The van der Waals surface area contributed by atoms with Crippen LogP contribution >= 0.6 is 0 Å². The molecule has 0 spiro atoms. The van der Waals surface area contributed by atoms with E-state index in [0.717, 1.165) is 35.5 Å². The van der Waals surface area contributed by atoms with Crippen LogP contribution in [0.25, 0.3) is 6.08 Å². The quantitative estimate of drug-likeness (QED) is 0.577. The van der Waals surface area contributed by atoms with Gasteiger partial charge in [-0.25, -0.2) is 18.0 Å². The average Bonchev–Trinajstić information content (AvgIpc) is 2.79. The number of aliphatic carboxylic acids is 1. The molecule has 0 aliphatic carbocycles. The van der Waals surface area contributed by atoms with Crippen LogP contribution in [0.2, 0.25) is 0 Å². The van der Waals surface area contributed by atoms with Crippen LogP contribution in [0, 0.1) is 11.6 Å². The van der Waals surface area contributed by atoms with Crippen molar-refractivity contribution in [2.75, 3.05) is 38.1 Å². The number of anilines is 1. The summed E-state index contributed by atoms with van der Waals surface area (Å²) in [5, 5.41) is 8.86. The minimum absolute atomic E-state index is 0.0211. The monoisotopic (exact) mass is 515 g/mol. The van der Waals surface area contributed by atoms with Crippen LogP contribution in [-0.2, 0) is 16.0 Å². The van der Waals surface area contributed by atoms with Gasteiger partial charge in [0.25, 0.3) is 0 Å². The van der Waals surface area contributed by atoms with Gasteiger partial charge < -0.3 is 14.9 Å². The molecule has 1 saturated heterocycles. The number of fused-ring (bicyclic) bond motifs is 1. The third-order valence-corrected chi connectivity index (χ3v) is 7.01. The fourth-order valence-corrected chi connectivity index (χ4v) is 5.21. The number of halogens is 3. The van der Waals surface area contributed by atoms with E-state index in [-0.39, 0.29) is 36.2 Å². The second-order valence-electron chi connectivity index (χ2n) is 10.5. The normalized spacial score (nSPS) is 21.0. The Kier molecular flexibility index (Phi) is 7.37. The van der Waals surface area contributed by atoms with Gasteiger partial charge in [0.15, 0.2) is 0 Å². The Morgan fingerprint density at radius 1 is 1.16 bits per heavy atom. The molecule has 9 heteroatoms. The molecule has 2 aliphatic rings. The van der Waals surface area contributed by atoms with Crippen LogP contribution in [0.15, 0.2) is 36.4 Å². The Morgan fingerprint density at radius 2 is 1.84 bits per heavy atom. The number of carbonyl (C=O) groups is 2. The minimum Gasteiger partial charge on any atom is -0.478 e. The molecule has 2 heterocycles. The van der Waals surface area contributed by atoms with E-state index in [9.17, 15) is 14.0 Å². The fourth-order valence-electron chi connectivity index (χ4n) is 5.21. The number of benzene rings is 2. The molecule has 4 rings (SSSR count). The summed E-state index contributed by atoms with van der Waals surface area (Å²) >= 11 is 0. The van der Waals surface area contributed by atoms with E-state index in [1.165, 1.54) is 13.8 Å². The topological polar surface area (TPSA) is 64.1 Å². The maximum atomic E-state index is 15.5. The molecule has 0 aromatic heterocycles. The standard InChI is InChI=1S/C28H32F3N3O3/c1-17-11-19-14-20(33-10-9-32(4)24(35)15-33)6-7-21(19)27(34(17)16-28(2,3)31)26-22(29)12-18(13-23(26)30)5-8-25(36)37/h5-8,12-14,17,27H,9-11,15-16H2,1-4H3,(H,36,37)/b8-5+/t17-,27+/m1/s1. The van der Waals surface area contributed by atoms with Crippen LogP contribution in [0.3, 0.4) is 0 Å². The summed E-state index contributed by atoms with van der Waals surface area (Å²) in [4.78, 5) is 28.5. The second-order valence-corrected chi connectivity index (χ2v) is 10.5. The first-order chi connectivity index (χ1) is 17.3. The zero-order chi connectivity index (χ0) is 27.1. The summed E-state index contributed by atoms with van der Waals surface area (Å²) in [5.74, 6) is -2.86. The first kappa shape index (κ1) is 26.7. The van der Waals surface area contributed by atoms with Crippen LogP contribution in [0.1, 0.15) is 49.1 Å². The highest BCUT2D eigenvalue weighted by molar-refractivity contribution is 5.85. The lowest BCUT2D eigenvalue weighted by molar-refractivity contribution is -0.131. The fraction of sp³-hybridized carbons (Fsp3) is 0.429. The molecular formula is C28H32F3N3O3. The van der Waals surface area contributed by atoms with Crippen molar-refractivity contribution in [1.82, 2.24) is 9.80 Å². The number of hydrogen-bond donors (Lipinski definition) is 1. The number of hydrogen-bond acceptors (Lipinski definition) is 4. The molecule has 0 saturated carbocycles. The van der Waals surface area contributed by atoms with Crippen molar-refractivity contribution < 1.29 is 27.9 Å². The van der Waals surface area contributed by atoms with Crippen molar-refractivity contribution in [1.29, 1.82) is 0 Å². The van der Waals surface area contributed by atoms with Crippen LogP contribution in [-0.4, -0.2) is 71.7 Å². The van der Waals surface area contributed by atoms with Gasteiger partial charge >= 0.3 is 5.97 Å². The lowest BCUT2D eigenvalue weighted by Gasteiger charge is -2.44. The molecule has 1 amide bonds. The second kappa shape index (κ2) is 10.2. The Labute approximate surface area is 215 Å². The van der Waals surface area contributed by atoms with Gasteiger partial charge in [-0.15, -0.1) is 0 Å². The number of carboxylic acid groups (broad SMARTS) is 1. The summed E-state index contributed by atoms with van der Waals surface area (Å²) in [6.45, 7) is 6.29. The smallest absolute Gasteiger partial charge is 0.328 e. The van der Waals surface area contributed by atoms with E-state index in [1.807, 2.05) is 30.0 Å². The third-order valence-electron chi connectivity index (χ3n) is 7.01. The Morgan fingerprint density at radius 3 is 2.43 bits per heavy atom.